The molecule has 1 aliphatic rings. The van der Waals surface area contributed by atoms with Crippen molar-refractivity contribution in [2.24, 2.45) is 11.7 Å². The Bertz CT molecular complexity index is 484. The van der Waals surface area contributed by atoms with Gasteiger partial charge in [0.2, 0.25) is 5.91 Å². The first-order valence-corrected chi connectivity index (χ1v) is 8.02. The lowest BCUT2D eigenvalue weighted by Gasteiger charge is -2.21. The van der Waals surface area contributed by atoms with Crippen molar-refractivity contribution in [2.45, 2.75) is 71.5 Å². The SMILES string of the molecule is CCC(C)[C@H](N)C(=O)NC(C)c1nnc2n1CCCCC2. The zero-order chi connectivity index (χ0) is 15.4. The third-order valence-corrected chi connectivity index (χ3v) is 4.44. The van der Waals surface area contributed by atoms with Gasteiger partial charge in [-0.1, -0.05) is 26.7 Å². The average molecular weight is 293 g/mol. The minimum absolute atomic E-state index is 0.108. The van der Waals surface area contributed by atoms with E-state index in [2.05, 4.69) is 20.1 Å². The highest BCUT2D eigenvalue weighted by Crippen LogP contribution is 2.19. The van der Waals surface area contributed by atoms with Gasteiger partial charge < -0.3 is 15.6 Å². The fourth-order valence-electron chi connectivity index (χ4n) is 2.71. The largest absolute Gasteiger partial charge is 0.345 e. The van der Waals surface area contributed by atoms with Crippen LogP contribution in [0, 0.1) is 5.92 Å². The Labute approximate surface area is 126 Å². The molecule has 6 nitrogen and oxygen atoms in total. The van der Waals surface area contributed by atoms with Crippen LogP contribution < -0.4 is 11.1 Å². The summed E-state index contributed by atoms with van der Waals surface area (Å²) in [5, 5.41) is 11.5. The van der Waals surface area contributed by atoms with E-state index in [1.54, 1.807) is 0 Å². The van der Waals surface area contributed by atoms with Crippen LogP contribution in [-0.4, -0.2) is 26.7 Å². The van der Waals surface area contributed by atoms with Crippen LogP contribution in [0.25, 0.3) is 0 Å². The van der Waals surface area contributed by atoms with Gasteiger partial charge in [0.25, 0.3) is 0 Å². The topological polar surface area (TPSA) is 85.8 Å². The molecule has 3 atom stereocenters. The number of nitrogens with zero attached hydrogens (tertiary/aromatic N) is 3. The van der Waals surface area contributed by atoms with E-state index in [9.17, 15) is 4.79 Å². The lowest BCUT2D eigenvalue weighted by Crippen LogP contribution is -2.45. The molecular weight excluding hydrogens is 266 g/mol. The lowest BCUT2D eigenvalue weighted by molar-refractivity contribution is -0.124. The number of aryl methyl sites for hydroxylation is 1. The molecule has 1 aromatic heterocycles. The summed E-state index contributed by atoms with van der Waals surface area (Å²) in [4.78, 5) is 12.2. The van der Waals surface area contributed by atoms with Gasteiger partial charge >= 0.3 is 0 Å². The number of rotatable bonds is 5. The summed E-state index contributed by atoms with van der Waals surface area (Å²) < 4.78 is 2.16. The Balaban J connectivity index is 2.05. The Morgan fingerprint density at radius 1 is 1.33 bits per heavy atom. The third kappa shape index (κ3) is 3.61. The molecule has 1 aliphatic heterocycles. The normalized spacial score (nSPS) is 19.2. The van der Waals surface area contributed by atoms with E-state index in [0.29, 0.717) is 0 Å². The maximum atomic E-state index is 12.2. The second kappa shape index (κ2) is 7.02. The molecule has 0 saturated carbocycles. The number of nitrogens with two attached hydrogens (primary N) is 1. The first-order valence-electron chi connectivity index (χ1n) is 8.02. The van der Waals surface area contributed by atoms with Gasteiger partial charge in [0.05, 0.1) is 12.1 Å². The Hall–Kier alpha value is -1.43. The molecule has 0 aliphatic carbocycles. The molecule has 0 radical (unpaired) electrons. The summed E-state index contributed by atoms with van der Waals surface area (Å²) in [5.41, 5.74) is 5.98. The molecule has 3 N–H and O–H groups in total. The minimum atomic E-state index is -0.469. The van der Waals surface area contributed by atoms with Crippen LogP contribution in [0.1, 0.15) is 64.1 Å². The van der Waals surface area contributed by atoms with Crippen molar-refractivity contribution in [1.29, 1.82) is 0 Å². The minimum Gasteiger partial charge on any atom is -0.345 e. The van der Waals surface area contributed by atoms with Gasteiger partial charge in [-0.3, -0.25) is 4.79 Å². The summed E-state index contributed by atoms with van der Waals surface area (Å²) in [6, 6.07) is -0.629. The Morgan fingerprint density at radius 3 is 2.81 bits per heavy atom. The van der Waals surface area contributed by atoms with Gasteiger partial charge in [0.15, 0.2) is 5.82 Å². The number of carbonyl (C=O) groups excluding carboxylic acids is 1. The lowest BCUT2D eigenvalue weighted by atomic mass is 9.99. The van der Waals surface area contributed by atoms with Crippen molar-refractivity contribution in [2.75, 3.05) is 0 Å². The van der Waals surface area contributed by atoms with Crippen molar-refractivity contribution in [1.82, 2.24) is 20.1 Å². The summed E-state index contributed by atoms with van der Waals surface area (Å²) >= 11 is 0. The van der Waals surface area contributed by atoms with E-state index >= 15 is 0 Å². The first kappa shape index (κ1) is 15.9. The van der Waals surface area contributed by atoms with Gasteiger partial charge in [-0.2, -0.15) is 0 Å². The summed E-state index contributed by atoms with van der Waals surface area (Å²) in [5.74, 6) is 1.95. The van der Waals surface area contributed by atoms with E-state index in [0.717, 1.165) is 43.9 Å². The van der Waals surface area contributed by atoms with Crippen molar-refractivity contribution >= 4 is 5.91 Å². The summed E-state index contributed by atoms with van der Waals surface area (Å²) in [7, 11) is 0. The first-order chi connectivity index (χ1) is 10.0. The zero-order valence-electron chi connectivity index (χ0n) is 13.3. The molecule has 2 heterocycles. The number of nitrogens with one attached hydrogen (secondary N) is 1. The Kier molecular flexibility index (Phi) is 5.33. The Morgan fingerprint density at radius 2 is 2.10 bits per heavy atom. The standard InChI is InChI=1S/C15H27N5O/c1-4-10(2)13(16)15(21)17-11(3)14-19-18-12-8-6-5-7-9-20(12)14/h10-11,13H,4-9,16H2,1-3H3,(H,17,21)/t10?,11?,13-/m0/s1. The van der Waals surface area contributed by atoms with Gasteiger partial charge in [-0.05, 0) is 25.7 Å². The summed E-state index contributed by atoms with van der Waals surface area (Å²) in [6.07, 6.45) is 5.40. The number of fused-ring (bicyclic) bond motifs is 1. The molecule has 1 amide bonds. The van der Waals surface area contributed by atoms with Crippen molar-refractivity contribution in [3.63, 3.8) is 0 Å². The second-order valence-corrected chi connectivity index (χ2v) is 6.08. The van der Waals surface area contributed by atoms with Gasteiger partial charge in [-0.15, -0.1) is 10.2 Å². The maximum absolute atomic E-state index is 12.2. The highest BCUT2D eigenvalue weighted by Gasteiger charge is 2.24. The fourth-order valence-corrected chi connectivity index (χ4v) is 2.71. The highest BCUT2D eigenvalue weighted by atomic mass is 16.2. The second-order valence-electron chi connectivity index (χ2n) is 6.08. The quantitative estimate of drug-likeness (QED) is 0.862. The van der Waals surface area contributed by atoms with Gasteiger partial charge in [0, 0.05) is 13.0 Å². The fraction of sp³-hybridized carbons (Fsp3) is 0.800. The molecule has 0 saturated heterocycles. The van der Waals surface area contributed by atoms with E-state index < -0.39 is 6.04 Å². The van der Waals surface area contributed by atoms with Crippen LogP contribution >= 0.6 is 0 Å². The molecular formula is C15H27N5O. The number of aromatic nitrogens is 3. The van der Waals surface area contributed by atoms with Crippen molar-refractivity contribution in [3.8, 4) is 0 Å². The van der Waals surface area contributed by atoms with Crippen LogP contribution in [0.5, 0.6) is 0 Å². The molecule has 0 bridgehead atoms. The molecule has 21 heavy (non-hydrogen) atoms. The number of amides is 1. The molecule has 0 fully saturated rings. The molecule has 0 aromatic carbocycles. The maximum Gasteiger partial charge on any atom is 0.237 e. The molecule has 2 rings (SSSR count). The number of hydrogen-bond acceptors (Lipinski definition) is 4. The van der Waals surface area contributed by atoms with Crippen molar-refractivity contribution in [3.05, 3.63) is 11.6 Å². The molecule has 2 unspecified atom stereocenters. The predicted molar refractivity (Wildman–Crippen MR) is 81.6 cm³/mol. The van der Waals surface area contributed by atoms with Crippen LogP contribution in [0.3, 0.4) is 0 Å². The van der Waals surface area contributed by atoms with Crippen LogP contribution in [0.15, 0.2) is 0 Å². The van der Waals surface area contributed by atoms with Crippen LogP contribution in [-0.2, 0) is 17.8 Å². The van der Waals surface area contributed by atoms with E-state index in [1.807, 2.05) is 20.8 Å². The highest BCUT2D eigenvalue weighted by molar-refractivity contribution is 5.82. The van der Waals surface area contributed by atoms with Gasteiger partial charge in [0.1, 0.15) is 5.82 Å². The smallest absolute Gasteiger partial charge is 0.237 e. The van der Waals surface area contributed by atoms with Crippen molar-refractivity contribution < 1.29 is 4.79 Å². The van der Waals surface area contributed by atoms with Crippen LogP contribution in [0.2, 0.25) is 0 Å². The number of hydrogen-bond donors (Lipinski definition) is 2. The number of carbonyl (C=O) groups is 1. The third-order valence-electron chi connectivity index (χ3n) is 4.44. The van der Waals surface area contributed by atoms with Gasteiger partial charge in [-0.25, -0.2) is 0 Å². The summed E-state index contributed by atoms with van der Waals surface area (Å²) in [6.45, 7) is 6.93. The van der Waals surface area contributed by atoms with E-state index in [4.69, 9.17) is 5.73 Å². The molecule has 118 valence electrons. The van der Waals surface area contributed by atoms with Crippen LogP contribution in [0.4, 0.5) is 0 Å². The average Bonchev–Trinajstić information content (AvgIpc) is 2.74. The predicted octanol–water partition coefficient (Wildman–Crippen LogP) is 1.56. The molecule has 1 aromatic rings. The van der Waals surface area contributed by atoms with E-state index in [-0.39, 0.29) is 17.9 Å². The zero-order valence-corrected chi connectivity index (χ0v) is 13.3. The molecule has 6 heteroatoms. The monoisotopic (exact) mass is 293 g/mol. The van der Waals surface area contributed by atoms with E-state index in [1.165, 1.54) is 6.42 Å². The molecule has 0 spiro atoms.